The molecule has 1 aliphatic rings. The van der Waals surface area contributed by atoms with Crippen molar-refractivity contribution in [1.82, 2.24) is 20.4 Å². The molecule has 6 N–H and O–H groups in total. The lowest BCUT2D eigenvalue weighted by molar-refractivity contribution is -0.117. The van der Waals surface area contributed by atoms with Crippen molar-refractivity contribution in [2.24, 2.45) is 21.5 Å². The molecule has 0 aromatic heterocycles. The van der Waals surface area contributed by atoms with Crippen molar-refractivity contribution in [1.29, 1.82) is 0 Å². The first-order valence-electron chi connectivity index (χ1n) is 12.7. The summed E-state index contributed by atoms with van der Waals surface area (Å²) in [5.74, 6) is 1.36. The summed E-state index contributed by atoms with van der Waals surface area (Å²) < 4.78 is 24.5. The van der Waals surface area contributed by atoms with Crippen molar-refractivity contribution in [3.05, 3.63) is 19.3 Å². The lowest BCUT2D eigenvalue weighted by Gasteiger charge is -2.32. The van der Waals surface area contributed by atoms with Gasteiger partial charge in [0, 0.05) is 33.1 Å². The van der Waals surface area contributed by atoms with Gasteiger partial charge in [-0.05, 0) is 64.4 Å². The molecule has 1 heterocycles. The first kappa shape index (κ1) is 34.0. The van der Waals surface area contributed by atoms with Crippen LogP contribution in [0.15, 0.2) is 22.1 Å². The highest BCUT2D eigenvalue weighted by molar-refractivity contribution is 14.1. The summed E-state index contributed by atoms with van der Waals surface area (Å²) in [5, 5.41) is 5.01. The Morgan fingerprint density at radius 2 is 1.30 bits per heavy atom. The molecule has 14 nitrogen and oxygen atoms in total. The number of rotatable bonds is 14. The number of nitrogens with zero attached hydrogens (tertiary/aromatic N) is 4. The van der Waals surface area contributed by atoms with Crippen LogP contribution in [0.2, 0.25) is 0 Å². The smallest absolute Gasteiger partial charge is 0.324 e. The number of hydrogen-bond acceptors (Lipinski definition) is 9. The molecule has 0 atom stereocenters. The van der Waals surface area contributed by atoms with Crippen LogP contribution in [-0.4, -0.2) is 120 Å². The number of nitrogens with two attached hydrogens (primary N) is 2. The van der Waals surface area contributed by atoms with Crippen LogP contribution in [0, 0.1) is 7.14 Å². The number of hydrogen-bond donors (Lipinski definition) is 4. The van der Waals surface area contributed by atoms with Gasteiger partial charge in [-0.1, -0.05) is 0 Å². The standard InChI is InChI=1S/C24H38I2N8O6/c1-17(35)31-22(27)29-3-9-37-11-13-39-20-15-19(26)21(16-18(20)25)40-14-12-38-10-4-30-23(28)32-24(36)34-7-5-33(2)6-8-34/h15-16H,3-14H2,1-2H3,(H3,27,29,31,35)(H3,28,30,32,36). The zero-order chi connectivity index (χ0) is 29.3. The van der Waals surface area contributed by atoms with Gasteiger partial charge in [0.05, 0.1) is 46.7 Å². The quantitative estimate of drug-likeness (QED) is 0.0901. The van der Waals surface area contributed by atoms with Crippen LogP contribution in [0.4, 0.5) is 4.79 Å². The average Bonchev–Trinajstić information content (AvgIpc) is 2.89. The minimum Gasteiger partial charge on any atom is -0.490 e. The highest BCUT2D eigenvalue weighted by atomic mass is 127. The van der Waals surface area contributed by atoms with E-state index in [2.05, 4.69) is 70.7 Å². The molecule has 0 spiro atoms. The molecular weight excluding hydrogens is 750 g/mol. The largest absolute Gasteiger partial charge is 0.490 e. The minimum absolute atomic E-state index is 0.0728. The summed E-state index contributed by atoms with van der Waals surface area (Å²) >= 11 is 4.39. The lowest BCUT2D eigenvalue weighted by Crippen LogP contribution is -2.53. The maximum absolute atomic E-state index is 12.2. The summed E-state index contributed by atoms with van der Waals surface area (Å²) in [4.78, 5) is 35.1. The third kappa shape index (κ3) is 14.0. The van der Waals surface area contributed by atoms with E-state index in [1.54, 1.807) is 4.90 Å². The van der Waals surface area contributed by atoms with Crippen molar-refractivity contribution in [2.75, 3.05) is 86.0 Å². The van der Waals surface area contributed by atoms with Crippen molar-refractivity contribution < 1.29 is 28.5 Å². The number of aliphatic imine (C=N–C) groups is 2. The number of benzene rings is 1. The van der Waals surface area contributed by atoms with Crippen molar-refractivity contribution in [3.63, 3.8) is 0 Å². The summed E-state index contributed by atoms with van der Waals surface area (Å²) in [7, 11) is 2.03. The number of guanidine groups is 2. The fourth-order valence-corrected chi connectivity index (χ4v) is 4.46. The van der Waals surface area contributed by atoms with Gasteiger partial charge in [-0.25, -0.2) is 4.79 Å². The van der Waals surface area contributed by atoms with E-state index in [1.807, 2.05) is 19.2 Å². The topological polar surface area (TPSA) is 178 Å². The number of halogens is 2. The van der Waals surface area contributed by atoms with E-state index in [1.165, 1.54) is 6.92 Å². The molecule has 0 bridgehead atoms. The molecule has 1 aliphatic heterocycles. The van der Waals surface area contributed by atoms with E-state index in [4.69, 9.17) is 30.4 Å². The second-order valence-electron chi connectivity index (χ2n) is 8.57. The van der Waals surface area contributed by atoms with Gasteiger partial charge in [-0.2, -0.15) is 0 Å². The van der Waals surface area contributed by atoms with Crippen LogP contribution in [0.5, 0.6) is 11.5 Å². The maximum atomic E-state index is 12.2. The predicted octanol–water partition coefficient (Wildman–Crippen LogP) is 0.409. The van der Waals surface area contributed by atoms with Gasteiger partial charge in [-0.3, -0.25) is 25.4 Å². The molecule has 0 unspecified atom stereocenters. The Kier molecular flexibility index (Phi) is 16.2. The molecule has 2 rings (SSSR count). The molecule has 1 aromatic carbocycles. The number of urea groups is 1. The Balaban J connectivity index is 1.58. The second-order valence-corrected chi connectivity index (χ2v) is 10.9. The molecule has 1 aromatic rings. The number of carbonyl (C=O) groups is 2. The molecule has 1 fully saturated rings. The lowest BCUT2D eigenvalue weighted by atomic mass is 10.3. The van der Waals surface area contributed by atoms with Gasteiger partial charge in [0.15, 0.2) is 11.9 Å². The van der Waals surface area contributed by atoms with Crippen LogP contribution in [0.3, 0.4) is 0 Å². The van der Waals surface area contributed by atoms with E-state index in [9.17, 15) is 9.59 Å². The number of nitrogens with one attached hydrogen (secondary N) is 2. The Morgan fingerprint density at radius 3 is 1.77 bits per heavy atom. The Morgan fingerprint density at radius 1 is 0.825 bits per heavy atom. The van der Waals surface area contributed by atoms with Crippen molar-refractivity contribution in [3.8, 4) is 11.5 Å². The van der Waals surface area contributed by atoms with Gasteiger partial charge < -0.3 is 40.2 Å². The van der Waals surface area contributed by atoms with Gasteiger partial charge in [0.2, 0.25) is 5.91 Å². The van der Waals surface area contributed by atoms with Gasteiger partial charge in [-0.15, -0.1) is 0 Å². The summed E-state index contributed by atoms with van der Waals surface area (Å²) in [6.45, 7) is 7.26. The van der Waals surface area contributed by atoms with Crippen LogP contribution < -0.4 is 31.6 Å². The fourth-order valence-electron chi connectivity index (χ4n) is 3.28. The molecular formula is C24H38I2N8O6. The number of amides is 3. The summed E-state index contributed by atoms with van der Waals surface area (Å²) in [6, 6.07) is 3.59. The van der Waals surface area contributed by atoms with E-state index >= 15 is 0 Å². The number of ether oxygens (including phenoxy) is 4. The van der Waals surface area contributed by atoms with Gasteiger partial charge >= 0.3 is 6.03 Å². The van der Waals surface area contributed by atoms with E-state index in [-0.39, 0.29) is 23.9 Å². The van der Waals surface area contributed by atoms with Gasteiger partial charge in [0.25, 0.3) is 0 Å². The monoisotopic (exact) mass is 788 g/mol. The highest BCUT2D eigenvalue weighted by Gasteiger charge is 2.19. The summed E-state index contributed by atoms with van der Waals surface area (Å²) in [6.07, 6.45) is 0. The second kappa shape index (κ2) is 19.1. The highest BCUT2D eigenvalue weighted by Crippen LogP contribution is 2.31. The van der Waals surface area contributed by atoms with Crippen molar-refractivity contribution in [2.45, 2.75) is 6.92 Å². The van der Waals surface area contributed by atoms with Crippen LogP contribution >= 0.6 is 45.2 Å². The maximum Gasteiger partial charge on any atom is 0.324 e. The van der Waals surface area contributed by atoms with Crippen LogP contribution in [-0.2, 0) is 14.3 Å². The molecule has 0 aliphatic carbocycles. The zero-order valence-electron chi connectivity index (χ0n) is 22.8. The summed E-state index contributed by atoms with van der Waals surface area (Å²) in [5.41, 5.74) is 11.3. The third-order valence-electron chi connectivity index (χ3n) is 5.32. The van der Waals surface area contributed by atoms with Crippen LogP contribution in [0.25, 0.3) is 0 Å². The molecule has 224 valence electrons. The minimum atomic E-state index is -0.266. The fraction of sp³-hybridized carbons (Fsp3) is 0.583. The third-order valence-corrected chi connectivity index (χ3v) is 7.01. The first-order valence-corrected chi connectivity index (χ1v) is 14.8. The molecule has 1 saturated heterocycles. The molecule has 16 heteroatoms. The SMILES string of the molecule is CC(=O)NC(N)=NCCOCCOc1cc(I)c(OCCOCCN=C(N)NC(=O)N2CCN(C)CC2)cc1I. The van der Waals surface area contributed by atoms with Crippen LogP contribution in [0.1, 0.15) is 6.92 Å². The average molecular weight is 788 g/mol. The molecule has 0 saturated carbocycles. The Hall–Kier alpha value is -2.16. The van der Waals surface area contributed by atoms with E-state index in [0.29, 0.717) is 65.8 Å². The van der Waals surface area contributed by atoms with E-state index < -0.39 is 0 Å². The molecule has 3 amide bonds. The normalized spacial score (nSPS) is 14.7. The Labute approximate surface area is 261 Å². The van der Waals surface area contributed by atoms with E-state index in [0.717, 1.165) is 31.7 Å². The first-order chi connectivity index (χ1) is 19.2. The molecule has 40 heavy (non-hydrogen) atoms. The Bertz CT molecular complexity index is 1020. The number of piperazine rings is 1. The zero-order valence-corrected chi connectivity index (χ0v) is 27.1. The predicted molar refractivity (Wildman–Crippen MR) is 169 cm³/mol. The van der Waals surface area contributed by atoms with Gasteiger partial charge in [0.1, 0.15) is 24.7 Å². The number of carbonyl (C=O) groups excluding carboxylic acids is 2. The molecule has 0 radical (unpaired) electrons. The number of likely N-dealkylation sites (N-methyl/N-ethyl adjacent to an activating group) is 1. The van der Waals surface area contributed by atoms with Crippen molar-refractivity contribution >= 4 is 69.0 Å².